The van der Waals surface area contributed by atoms with Crippen LogP contribution in [-0.2, 0) is 21.2 Å². The van der Waals surface area contributed by atoms with E-state index in [1.807, 2.05) is 6.07 Å². The third kappa shape index (κ3) is 5.83. The lowest BCUT2D eigenvalue weighted by atomic mass is 10.0. The molecular formula is C25H25ClN2O5S. The third-order valence-corrected chi connectivity index (χ3v) is 7.23. The van der Waals surface area contributed by atoms with Gasteiger partial charge in [-0.05, 0) is 48.4 Å². The molecular weight excluding hydrogens is 476 g/mol. The lowest BCUT2D eigenvalue weighted by molar-refractivity contribution is -0.116. The number of carbonyl (C=O) groups excluding carboxylic acids is 2. The number of anilines is 1. The summed E-state index contributed by atoms with van der Waals surface area (Å²) in [4.78, 5) is 25.8. The molecule has 0 aliphatic rings. The molecule has 0 unspecified atom stereocenters. The average molecular weight is 501 g/mol. The van der Waals surface area contributed by atoms with Gasteiger partial charge < -0.3 is 10.1 Å². The van der Waals surface area contributed by atoms with Crippen LogP contribution in [0.1, 0.15) is 27.9 Å². The molecule has 1 N–H and O–H groups in total. The number of amides is 1. The van der Waals surface area contributed by atoms with Crippen LogP contribution in [0.25, 0.3) is 0 Å². The van der Waals surface area contributed by atoms with Crippen molar-refractivity contribution in [1.29, 1.82) is 0 Å². The normalized spacial score (nSPS) is 11.3. The number of aryl methyl sites for hydroxylation is 1. The Morgan fingerprint density at radius 2 is 1.71 bits per heavy atom. The van der Waals surface area contributed by atoms with Crippen LogP contribution in [0.15, 0.2) is 71.6 Å². The Morgan fingerprint density at radius 3 is 2.35 bits per heavy atom. The van der Waals surface area contributed by atoms with E-state index in [-0.39, 0.29) is 35.0 Å². The SMILES string of the molecule is COc1ccc(S(=O)(=O)N(C)C)cc1CCC(=O)Nc1ccc(Cl)cc1C(=O)c1ccccc1. The van der Waals surface area contributed by atoms with E-state index in [0.717, 1.165) is 4.31 Å². The number of ketones is 1. The van der Waals surface area contributed by atoms with Gasteiger partial charge in [-0.1, -0.05) is 41.9 Å². The molecule has 0 bridgehead atoms. The van der Waals surface area contributed by atoms with E-state index in [9.17, 15) is 18.0 Å². The largest absolute Gasteiger partial charge is 0.496 e. The Morgan fingerprint density at radius 1 is 1.00 bits per heavy atom. The van der Waals surface area contributed by atoms with Crippen LogP contribution in [0.2, 0.25) is 5.02 Å². The minimum atomic E-state index is -3.63. The molecule has 0 aliphatic heterocycles. The second kappa shape index (κ2) is 10.8. The number of methoxy groups -OCH3 is 1. The highest BCUT2D eigenvalue weighted by Crippen LogP contribution is 2.27. The molecule has 9 heteroatoms. The second-order valence-electron chi connectivity index (χ2n) is 7.69. The van der Waals surface area contributed by atoms with Gasteiger partial charge in [-0.2, -0.15) is 0 Å². The van der Waals surface area contributed by atoms with Crippen LogP contribution >= 0.6 is 11.6 Å². The Bertz CT molecular complexity index is 1310. The fraction of sp³-hybridized carbons (Fsp3) is 0.200. The molecule has 0 saturated carbocycles. The van der Waals surface area contributed by atoms with E-state index in [2.05, 4.69) is 5.32 Å². The molecule has 3 aromatic rings. The van der Waals surface area contributed by atoms with Crippen molar-refractivity contribution < 1.29 is 22.7 Å². The summed E-state index contributed by atoms with van der Waals surface area (Å²) in [6, 6.07) is 17.9. The zero-order valence-corrected chi connectivity index (χ0v) is 20.6. The maximum Gasteiger partial charge on any atom is 0.242 e. The summed E-state index contributed by atoms with van der Waals surface area (Å²) in [6.45, 7) is 0. The highest BCUT2D eigenvalue weighted by atomic mass is 35.5. The van der Waals surface area contributed by atoms with E-state index >= 15 is 0 Å². The van der Waals surface area contributed by atoms with Gasteiger partial charge in [0.15, 0.2) is 5.78 Å². The summed E-state index contributed by atoms with van der Waals surface area (Å²) in [6.07, 6.45) is 0.283. The summed E-state index contributed by atoms with van der Waals surface area (Å²) < 4.78 is 31.4. The molecule has 3 rings (SSSR count). The van der Waals surface area contributed by atoms with E-state index in [4.69, 9.17) is 16.3 Å². The number of hydrogen-bond donors (Lipinski definition) is 1. The first-order valence-electron chi connectivity index (χ1n) is 10.4. The van der Waals surface area contributed by atoms with Crippen molar-refractivity contribution >= 4 is 39.0 Å². The lowest BCUT2D eigenvalue weighted by Gasteiger charge is -2.15. The molecule has 3 aromatic carbocycles. The number of halogens is 1. The fourth-order valence-corrected chi connectivity index (χ4v) is 4.47. The van der Waals surface area contributed by atoms with Gasteiger partial charge in [-0.3, -0.25) is 9.59 Å². The highest BCUT2D eigenvalue weighted by Gasteiger charge is 2.20. The summed E-state index contributed by atoms with van der Waals surface area (Å²) in [5, 5.41) is 3.15. The highest BCUT2D eigenvalue weighted by molar-refractivity contribution is 7.89. The maximum atomic E-state index is 13.0. The van der Waals surface area contributed by atoms with Gasteiger partial charge in [-0.15, -0.1) is 0 Å². The zero-order valence-electron chi connectivity index (χ0n) is 19.0. The molecule has 0 radical (unpaired) electrons. The molecule has 0 aliphatic carbocycles. The van der Waals surface area contributed by atoms with E-state index < -0.39 is 10.0 Å². The monoisotopic (exact) mass is 500 g/mol. The average Bonchev–Trinajstić information content (AvgIpc) is 2.83. The number of sulfonamides is 1. The predicted molar refractivity (Wildman–Crippen MR) is 132 cm³/mol. The quantitative estimate of drug-likeness (QED) is 0.439. The number of nitrogens with zero attached hydrogens (tertiary/aromatic N) is 1. The molecule has 0 spiro atoms. The Hall–Kier alpha value is -3.20. The molecule has 0 saturated heterocycles. The molecule has 34 heavy (non-hydrogen) atoms. The minimum Gasteiger partial charge on any atom is -0.496 e. The van der Waals surface area contributed by atoms with Crippen molar-refractivity contribution in [2.45, 2.75) is 17.7 Å². The number of rotatable bonds is 9. The van der Waals surface area contributed by atoms with Gasteiger partial charge in [0.2, 0.25) is 15.9 Å². The second-order valence-corrected chi connectivity index (χ2v) is 10.3. The standard InChI is InChI=1S/C25H25ClN2O5S/c1-28(2)34(31,32)20-11-13-23(33-3)18(15-20)9-14-24(29)27-22-12-10-19(26)16-21(22)25(30)17-7-5-4-6-8-17/h4-8,10-13,15-16H,9,14H2,1-3H3,(H,27,29). The number of ether oxygens (including phenoxy) is 1. The molecule has 178 valence electrons. The summed E-state index contributed by atoms with van der Waals surface area (Å²) >= 11 is 6.10. The minimum absolute atomic E-state index is 0.0451. The molecule has 7 nitrogen and oxygen atoms in total. The van der Waals surface area contributed by atoms with Crippen molar-refractivity contribution in [3.63, 3.8) is 0 Å². The number of nitrogens with one attached hydrogen (secondary N) is 1. The van der Waals surface area contributed by atoms with Crippen LogP contribution < -0.4 is 10.1 Å². The van der Waals surface area contributed by atoms with Gasteiger partial charge in [-0.25, -0.2) is 12.7 Å². The van der Waals surface area contributed by atoms with Crippen molar-refractivity contribution in [2.24, 2.45) is 0 Å². The number of hydrogen-bond acceptors (Lipinski definition) is 5. The van der Waals surface area contributed by atoms with Crippen LogP contribution in [0, 0.1) is 0 Å². The molecule has 0 heterocycles. The number of benzene rings is 3. The van der Waals surface area contributed by atoms with Gasteiger partial charge in [0, 0.05) is 36.7 Å². The van der Waals surface area contributed by atoms with Gasteiger partial charge in [0.25, 0.3) is 0 Å². The summed E-state index contributed by atoms with van der Waals surface area (Å²) in [5.74, 6) is -0.119. The van der Waals surface area contributed by atoms with E-state index in [1.165, 1.54) is 39.4 Å². The van der Waals surface area contributed by atoms with Crippen molar-refractivity contribution in [3.05, 3.63) is 88.4 Å². The smallest absolute Gasteiger partial charge is 0.242 e. The maximum absolute atomic E-state index is 13.0. The lowest BCUT2D eigenvalue weighted by Crippen LogP contribution is -2.22. The third-order valence-electron chi connectivity index (χ3n) is 5.19. The van der Waals surface area contributed by atoms with Crippen molar-refractivity contribution in [1.82, 2.24) is 4.31 Å². The molecule has 0 atom stereocenters. The first-order valence-corrected chi connectivity index (χ1v) is 12.2. The molecule has 0 aromatic heterocycles. The first kappa shape index (κ1) is 25.4. The first-order chi connectivity index (χ1) is 16.1. The Balaban J connectivity index is 1.79. The fourth-order valence-electron chi connectivity index (χ4n) is 3.34. The number of carbonyl (C=O) groups is 2. The van der Waals surface area contributed by atoms with Crippen LogP contribution in [-0.4, -0.2) is 45.6 Å². The van der Waals surface area contributed by atoms with E-state index in [1.54, 1.807) is 42.5 Å². The van der Waals surface area contributed by atoms with Crippen LogP contribution in [0.3, 0.4) is 0 Å². The molecule has 0 fully saturated rings. The predicted octanol–water partition coefficient (Wildman–Crippen LogP) is 4.40. The summed E-state index contributed by atoms with van der Waals surface area (Å²) in [5.41, 5.74) is 1.68. The van der Waals surface area contributed by atoms with Gasteiger partial charge in [0.05, 0.1) is 17.7 Å². The Kier molecular flexibility index (Phi) is 8.09. The van der Waals surface area contributed by atoms with Crippen LogP contribution in [0.5, 0.6) is 5.75 Å². The molecule has 1 amide bonds. The van der Waals surface area contributed by atoms with Gasteiger partial charge >= 0.3 is 0 Å². The van der Waals surface area contributed by atoms with Crippen molar-refractivity contribution in [2.75, 3.05) is 26.5 Å². The summed E-state index contributed by atoms with van der Waals surface area (Å²) in [7, 11) is 0.754. The Labute approximate surface area is 204 Å². The van der Waals surface area contributed by atoms with Gasteiger partial charge in [0.1, 0.15) is 5.75 Å². The van der Waals surface area contributed by atoms with E-state index in [0.29, 0.717) is 27.6 Å². The van der Waals surface area contributed by atoms with Crippen molar-refractivity contribution in [3.8, 4) is 5.75 Å². The zero-order chi connectivity index (χ0) is 24.9. The van der Waals surface area contributed by atoms with Crippen LogP contribution in [0.4, 0.5) is 5.69 Å². The topological polar surface area (TPSA) is 92.8 Å².